The topological polar surface area (TPSA) is 101 Å². The smallest absolute Gasteiger partial charge is 0.282 e. The molecule has 1 aromatic carbocycles. The molecular formula is C19H21N3O4S. The Kier molecular flexibility index (Phi) is 5.85. The number of thiophene rings is 1. The third-order valence-corrected chi connectivity index (χ3v) is 6.10. The summed E-state index contributed by atoms with van der Waals surface area (Å²) in [4.78, 5) is 36.1. The van der Waals surface area contributed by atoms with E-state index in [2.05, 4.69) is 16.7 Å². The van der Waals surface area contributed by atoms with Crippen LogP contribution in [0.4, 0.5) is 5.69 Å². The van der Waals surface area contributed by atoms with Crippen molar-refractivity contribution in [1.29, 1.82) is 0 Å². The SMILES string of the molecule is O=C(CNC(=O)c1ccccc1[N+](=O)[O-])NCC1(c2cccs2)CCCC1. The molecule has 3 rings (SSSR count). The van der Waals surface area contributed by atoms with Crippen LogP contribution in [0.25, 0.3) is 0 Å². The molecule has 7 nitrogen and oxygen atoms in total. The van der Waals surface area contributed by atoms with E-state index >= 15 is 0 Å². The molecule has 8 heteroatoms. The summed E-state index contributed by atoms with van der Waals surface area (Å²) >= 11 is 1.71. The average molecular weight is 387 g/mol. The van der Waals surface area contributed by atoms with Gasteiger partial charge in [-0.05, 0) is 30.4 Å². The van der Waals surface area contributed by atoms with E-state index in [1.165, 1.54) is 23.1 Å². The average Bonchev–Trinajstić information content (AvgIpc) is 3.36. The zero-order chi connectivity index (χ0) is 19.3. The molecule has 1 saturated carbocycles. The summed E-state index contributed by atoms with van der Waals surface area (Å²) in [6, 6.07) is 9.81. The molecule has 1 aliphatic carbocycles. The van der Waals surface area contributed by atoms with Crippen molar-refractivity contribution in [3.63, 3.8) is 0 Å². The van der Waals surface area contributed by atoms with Gasteiger partial charge in [-0.1, -0.05) is 31.0 Å². The van der Waals surface area contributed by atoms with Crippen LogP contribution in [0.1, 0.15) is 40.9 Å². The molecule has 1 aliphatic rings. The molecule has 0 spiro atoms. The van der Waals surface area contributed by atoms with Gasteiger partial charge in [0.15, 0.2) is 0 Å². The van der Waals surface area contributed by atoms with E-state index in [9.17, 15) is 19.7 Å². The molecule has 2 amide bonds. The number of carbonyl (C=O) groups excluding carboxylic acids is 2. The maximum atomic E-state index is 12.2. The van der Waals surface area contributed by atoms with E-state index in [0.717, 1.165) is 25.7 Å². The highest BCUT2D eigenvalue weighted by atomic mass is 32.1. The number of carbonyl (C=O) groups is 2. The first-order valence-corrected chi connectivity index (χ1v) is 9.72. The van der Waals surface area contributed by atoms with Gasteiger partial charge in [-0.3, -0.25) is 19.7 Å². The summed E-state index contributed by atoms with van der Waals surface area (Å²) in [6.45, 7) is 0.319. The van der Waals surface area contributed by atoms with Gasteiger partial charge in [0.1, 0.15) is 5.56 Å². The maximum Gasteiger partial charge on any atom is 0.282 e. The van der Waals surface area contributed by atoms with Gasteiger partial charge in [0.2, 0.25) is 5.91 Å². The molecule has 1 aromatic heterocycles. The second kappa shape index (κ2) is 8.30. The number of hydrogen-bond acceptors (Lipinski definition) is 5. The van der Waals surface area contributed by atoms with Crippen molar-refractivity contribution in [3.8, 4) is 0 Å². The number of amides is 2. The summed E-state index contributed by atoms with van der Waals surface area (Å²) in [6.07, 6.45) is 4.36. The normalized spacial score (nSPS) is 15.3. The fraction of sp³-hybridized carbons (Fsp3) is 0.368. The molecule has 1 heterocycles. The maximum absolute atomic E-state index is 12.2. The van der Waals surface area contributed by atoms with Gasteiger partial charge in [-0.15, -0.1) is 11.3 Å². The van der Waals surface area contributed by atoms with Gasteiger partial charge < -0.3 is 10.6 Å². The number of rotatable bonds is 7. The summed E-state index contributed by atoms with van der Waals surface area (Å²) in [5.74, 6) is -0.934. The quantitative estimate of drug-likeness (QED) is 0.563. The Morgan fingerprint density at radius 2 is 1.85 bits per heavy atom. The minimum absolute atomic E-state index is 0.0218. The Morgan fingerprint density at radius 1 is 1.11 bits per heavy atom. The Labute approximate surface area is 160 Å². The monoisotopic (exact) mass is 387 g/mol. The van der Waals surface area contributed by atoms with Crippen LogP contribution in [0.2, 0.25) is 0 Å². The first kappa shape index (κ1) is 19.0. The lowest BCUT2D eigenvalue weighted by Gasteiger charge is -2.28. The van der Waals surface area contributed by atoms with Gasteiger partial charge in [-0.2, -0.15) is 0 Å². The lowest BCUT2D eigenvalue weighted by atomic mass is 9.84. The lowest BCUT2D eigenvalue weighted by Crippen LogP contribution is -2.43. The van der Waals surface area contributed by atoms with Crippen LogP contribution in [0.15, 0.2) is 41.8 Å². The van der Waals surface area contributed by atoms with Crippen LogP contribution in [0.3, 0.4) is 0 Å². The molecule has 2 N–H and O–H groups in total. The highest BCUT2D eigenvalue weighted by molar-refractivity contribution is 7.10. The number of nitro benzene ring substituents is 1. The zero-order valence-electron chi connectivity index (χ0n) is 14.8. The van der Waals surface area contributed by atoms with E-state index in [1.807, 2.05) is 11.4 Å². The van der Waals surface area contributed by atoms with Gasteiger partial charge in [0.05, 0.1) is 11.5 Å². The molecule has 2 aromatic rings. The third kappa shape index (κ3) is 4.33. The lowest BCUT2D eigenvalue weighted by molar-refractivity contribution is -0.385. The van der Waals surface area contributed by atoms with E-state index in [0.29, 0.717) is 6.54 Å². The summed E-state index contributed by atoms with van der Waals surface area (Å²) in [5, 5.41) is 18.4. The fourth-order valence-corrected chi connectivity index (χ4v) is 4.54. The van der Waals surface area contributed by atoms with E-state index in [1.54, 1.807) is 17.4 Å². The second-order valence-corrected chi connectivity index (χ2v) is 7.65. The number of nitro groups is 1. The van der Waals surface area contributed by atoms with Crippen molar-refractivity contribution < 1.29 is 14.5 Å². The van der Waals surface area contributed by atoms with Crippen molar-refractivity contribution in [2.75, 3.05) is 13.1 Å². The molecular weight excluding hydrogens is 366 g/mol. The van der Waals surface area contributed by atoms with E-state index in [4.69, 9.17) is 0 Å². The van der Waals surface area contributed by atoms with E-state index < -0.39 is 10.8 Å². The standard InChI is InChI=1S/C19H21N3O4S/c23-17(12-20-18(24)14-6-1-2-7-15(14)22(25)26)21-13-19(9-3-4-10-19)16-8-5-11-27-16/h1-2,5-8,11H,3-4,9-10,12-13H2,(H,20,24)(H,21,23). The fourth-order valence-electron chi connectivity index (χ4n) is 3.55. The summed E-state index contributed by atoms with van der Waals surface area (Å²) in [5.41, 5.74) is -0.356. The number of hydrogen-bond donors (Lipinski definition) is 2. The predicted molar refractivity (Wildman–Crippen MR) is 103 cm³/mol. The number of nitrogens with one attached hydrogen (secondary N) is 2. The second-order valence-electron chi connectivity index (χ2n) is 6.70. The van der Waals surface area contributed by atoms with Gasteiger partial charge in [0.25, 0.3) is 11.6 Å². The van der Waals surface area contributed by atoms with Gasteiger partial charge in [-0.25, -0.2) is 0 Å². The van der Waals surface area contributed by atoms with Crippen LogP contribution < -0.4 is 10.6 Å². The number of para-hydroxylation sites is 1. The molecule has 0 radical (unpaired) electrons. The van der Waals surface area contributed by atoms with Crippen LogP contribution >= 0.6 is 11.3 Å². The van der Waals surface area contributed by atoms with Gasteiger partial charge in [0, 0.05) is 22.9 Å². The Morgan fingerprint density at radius 3 is 2.52 bits per heavy atom. The molecule has 0 bridgehead atoms. The van der Waals surface area contributed by atoms with E-state index in [-0.39, 0.29) is 29.1 Å². The minimum atomic E-state index is -0.633. The van der Waals surface area contributed by atoms with Crippen LogP contribution in [0.5, 0.6) is 0 Å². The van der Waals surface area contributed by atoms with Crippen LogP contribution in [-0.4, -0.2) is 29.8 Å². The van der Waals surface area contributed by atoms with Crippen molar-refractivity contribution in [1.82, 2.24) is 10.6 Å². The van der Waals surface area contributed by atoms with Crippen molar-refractivity contribution in [3.05, 3.63) is 62.3 Å². The summed E-state index contributed by atoms with van der Waals surface area (Å²) < 4.78 is 0. The molecule has 0 aliphatic heterocycles. The Hall–Kier alpha value is -2.74. The first-order valence-electron chi connectivity index (χ1n) is 8.84. The summed E-state index contributed by atoms with van der Waals surface area (Å²) in [7, 11) is 0. The predicted octanol–water partition coefficient (Wildman–Crippen LogP) is 3.01. The highest BCUT2D eigenvalue weighted by Crippen LogP contribution is 2.42. The van der Waals surface area contributed by atoms with Crippen molar-refractivity contribution in [2.24, 2.45) is 0 Å². The number of nitrogens with zero attached hydrogens (tertiary/aromatic N) is 1. The molecule has 27 heavy (non-hydrogen) atoms. The highest BCUT2D eigenvalue weighted by Gasteiger charge is 2.36. The van der Waals surface area contributed by atoms with Crippen molar-refractivity contribution >= 4 is 28.8 Å². The third-order valence-electron chi connectivity index (χ3n) is 4.98. The van der Waals surface area contributed by atoms with Gasteiger partial charge >= 0.3 is 0 Å². The zero-order valence-corrected chi connectivity index (χ0v) is 15.6. The van der Waals surface area contributed by atoms with Crippen LogP contribution in [-0.2, 0) is 10.2 Å². The van der Waals surface area contributed by atoms with Crippen molar-refractivity contribution in [2.45, 2.75) is 31.1 Å². The molecule has 1 fully saturated rings. The number of benzene rings is 1. The molecule has 0 saturated heterocycles. The minimum Gasteiger partial charge on any atom is -0.354 e. The first-order chi connectivity index (χ1) is 13.0. The molecule has 0 unspecified atom stereocenters. The Bertz CT molecular complexity index is 829. The molecule has 0 atom stereocenters. The largest absolute Gasteiger partial charge is 0.354 e. The Balaban J connectivity index is 1.56. The van der Waals surface area contributed by atoms with Crippen LogP contribution in [0, 0.1) is 10.1 Å². The molecule has 142 valence electrons.